The fourth-order valence-corrected chi connectivity index (χ4v) is 2.57. The van der Waals surface area contributed by atoms with Crippen molar-refractivity contribution in [1.82, 2.24) is 10.9 Å². The Balaban J connectivity index is 1.54. The monoisotopic (exact) mass is 303 g/mol. The van der Waals surface area contributed by atoms with E-state index in [1.54, 1.807) is 0 Å². The van der Waals surface area contributed by atoms with Crippen molar-refractivity contribution < 1.29 is 4.74 Å². The van der Waals surface area contributed by atoms with Gasteiger partial charge in [-0.25, -0.2) is 5.43 Å². The normalized spacial score (nSPS) is 21.4. The summed E-state index contributed by atoms with van der Waals surface area (Å²) >= 11 is 5.91. The van der Waals surface area contributed by atoms with E-state index in [-0.39, 0.29) is 12.1 Å². The molecule has 1 fully saturated rings. The van der Waals surface area contributed by atoms with Crippen LogP contribution in [0.1, 0.15) is 18.0 Å². The number of hydrogen-bond acceptors (Lipinski definition) is 4. The van der Waals surface area contributed by atoms with Crippen molar-refractivity contribution in [2.75, 3.05) is 12.3 Å². The molecule has 0 aromatic heterocycles. The van der Waals surface area contributed by atoms with Crippen molar-refractivity contribution in [2.24, 2.45) is 0 Å². The van der Waals surface area contributed by atoms with Crippen molar-refractivity contribution in [3.05, 3.63) is 59.1 Å². The number of halogens is 1. The molecule has 21 heavy (non-hydrogen) atoms. The van der Waals surface area contributed by atoms with Gasteiger partial charge in [0, 0.05) is 22.8 Å². The fourth-order valence-electron chi connectivity index (χ4n) is 2.45. The van der Waals surface area contributed by atoms with E-state index in [4.69, 9.17) is 22.1 Å². The van der Waals surface area contributed by atoms with Crippen LogP contribution in [0.5, 0.6) is 5.75 Å². The molecule has 0 radical (unpaired) electrons. The Morgan fingerprint density at radius 3 is 2.71 bits per heavy atom. The van der Waals surface area contributed by atoms with Gasteiger partial charge < -0.3 is 10.5 Å². The van der Waals surface area contributed by atoms with E-state index in [0.717, 1.165) is 17.2 Å². The first-order chi connectivity index (χ1) is 10.2. The van der Waals surface area contributed by atoms with Gasteiger partial charge in [-0.2, -0.15) is 0 Å². The van der Waals surface area contributed by atoms with Crippen LogP contribution in [0.4, 0.5) is 5.69 Å². The van der Waals surface area contributed by atoms with Crippen molar-refractivity contribution in [2.45, 2.75) is 18.5 Å². The number of nitrogens with one attached hydrogen (secondary N) is 2. The van der Waals surface area contributed by atoms with Crippen molar-refractivity contribution in [3.8, 4) is 5.75 Å². The van der Waals surface area contributed by atoms with Gasteiger partial charge in [0.2, 0.25) is 0 Å². The number of hydrogen-bond donors (Lipinski definition) is 3. The average molecular weight is 304 g/mol. The summed E-state index contributed by atoms with van der Waals surface area (Å²) in [5.41, 5.74) is 14.2. The largest absolute Gasteiger partial charge is 0.492 e. The summed E-state index contributed by atoms with van der Waals surface area (Å²) in [4.78, 5) is 0. The van der Waals surface area contributed by atoms with E-state index in [0.29, 0.717) is 12.3 Å². The second-order valence-corrected chi connectivity index (χ2v) is 5.65. The predicted octanol–water partition coefficient (Wildman–Crippen LogP) is 2.91. The van der Waals surface area contributed by atoms with E-state index in [1.807, 2.05) is 48.5 Å². The van der Waals surface area contributed by atoms with Crippen LogP contribution >= 0.6 is 11.6 Å². The lowest BCUT2D eigenvalue weighted by Gasteiger charge is -2.12. The lowest BCUT2D eigenvalue weighted by Crippen LogP contribution is -2.34. The van der Waals surface area contributed by atoms with Gasteiger partial charge in [-0.1, -0.05) is 29.8 Å². The highest BCUT2D eigenvalue weighted by Crippen LogP contribution is 2.24. The summed E-state index contributed by atoms with van der Waals surface area (Å²) in [6.07, 6.45) is 0.962. The van der Waals surface area contributed by atoms with Crippen molar-refractivity contribution in [1.29, 1.82) is 0 Å². The van der Waals surface area contributed by atoms with Gasteiger partial charge in [0.15, 0.2) is 0 Å². The average Bonchev–Trinajstić information content (AvgIpc) is 2.95. The van der Waals surface area contributed by atoms with E-state index in [1.165, 1.54) is 5.56 Å². The second kappa shape index (κ2) is 6.35. The summed E-state index contributed by atoms with van der Waals surface area (Å²) in [5.74, 6) is 0.798. The molecule has 4 N–H and O–H groups in total. The highest BCUT2D eigenvalue weighted by molar-refractivity contribution is 6.30. The summed E-state index contributed by atoms with van der Waals surface area (Å²) in [6.45, 7) is 0.598. The number of nitrogens with two attached hydrogens (primary N) is 1. The van der Waals surface area contributed by atoms with Gasteiger partial charge in [-0.05, 0) is 36.2 Å². The van der Waals surface area contributed by atoms with Gasteiger partial charge in [-0.3, -0.25) is 5.43 Å². The zero-order valence-electron chi connectivity index (χ0n) is 11.6. The standard InChI is InChI=1S/C16H18ClN3O/c17-12-6-4-11(5-7-12)16-9-14(19-20-16)10-21-15-3-1-2-13(18)8-15/h1-8,14,16,19-20H,9-10,18H2. The molecule has 2 aromatic rings. The highest BCUT2D eigenvalue weighted by atomic mass is 35.5. The van der Waals surface area contributed by atoms with E-state index in [9.17, 15) is 0 Å². The molecule has 2 aromatic carbocycles. The van der Waals surface area contributed by atoms with Crippen LogP contribution in [0, 0.1) is 0 Å². The molecule has 4 nitrogen and oxygen atoms in total. The van der Waals surface area contributed by atoms with E-state index < -0.39 is 0 Å². The zero-order chi connectivity index (χ0) is 14.7. The number of nitrogen functional groups attached to an aromatic ring is 1. The first-order valence-electron chi connectivity index (χ1n) is 6.95. The third-order valence-corrected chi connectivity index (χ3v) is 3.82. The minimum absolute atomic E-state index is 0.257. The summed E-state index contributed by atoms with van der Waals surface area (Å²) < 4.78 is 5.77. The molecule has 0 bridgehead atoms. The molecule has 2 unspecified atom stereocenters. The van der Waals surface area contributed by atoms with E-state index >= 15 is 0 Å². The molecule has 1 heterocycles. The second-order valence-electron chi connectivity index (χ2n) is 5.21. The molecule has 5 heteroatoms. The Bertz CT molecular complexity index is 603. The Morgan fingerprint density at radius 1 is 1.14 bits per heavy atom. The molecule has 0 aliphatic carbocycles. The maximum absolute atomic E-state index is 5.91. The summed E-state index contributed by atoms with van der Waals surface area (Å²) in [7, 11) is 0. The number of hydrazine groups is 1. The third kappa shape index (κ3) is 3.67. The van der Waals surface area contributed by atoms with Gasteiger partial charge >= 0.3 is 0 Å². The molecule has 1 saturated heterocycles. The quantitative estimate of drug-likeness (QED) is 0.760. The molecule has 1 aliphatic rings. The molecule has 110 valence electrons. The van der Waals surface area contributed by atoms with Crippen molar-refractivity contribution >= 4 is 17.3 Å². The predicted molar refractivity (Wildman–Crippen MR) is 85.2 cm³/mol. The molecule has 3 rings (SSSR count). The van der Waals surface area contributed by atoms with Gasteiger partial charge in [0.25, 0.3) is 0 Å². The first-order valence-corrected chi connectivity index (χ1v) is 7.33. The molecular weight excluding hydrogens is 286 g/mol. The summed E-state index contributed by atoms with van der Waals surface area (Å²) in [5, 5.41) is 0.756. The Labute approximate surface area is 129 Å². The molecule has 0 saturated carbocycles. The molecule has 0 spiro atoms. The minimum atomic E-state index is 0.257. The Hall–Kier alpha value is -1.75. The topological polar surface area (TPSA) is 59.3 Å². The SMILES string of the molecule is Nc1cccc(OCC2CC(c3ccc(Cl)cc3)NN2)c1. The minimum Gasteiger partial charge on any atom is -0.492 e. The number of anilines is 1. The van der Waals surface area contributed by atoms with Gasteiger partial charge in [-0.15, -0.1) is 0 Å². The van der Waals surface area contributed by atoms with Crippen LogP contribution < -0.4 is 21.3 Å². The number of benzene rings is 2. The van der Waals surface area contributed by atoms with Crippen LogP contribution in [0.2, 0.25) is 5.02 Å². The molecule has 2 atom stereocenters. The lowest BCUT2D eigenvalue weighted by molar-refractivity contribution is 0.273. The van der Waals surface area contributed by atoms with Gasteiger partial charge in [0.1, 0.15) is 12.4 Å². The summed E-state index contributed by atoms with van der Waals surface area (Å²) in [6, 6.07) is 15.9. The van der Waals surface area contributed by atoms with E-state index in [2.05, 4.69) is 10.9 Å². The number of rotatable bonds is 4. The van der Waals surface area contributed by atoms with Crippen LogP contribution in [-0.4, -0.2) is 12.6 Å². The Kier molecular flexibility index (Phi) is 4.29. The van der Waals surface area contributed by atoms with Crippen LogP contribution in [0.25, 0.3) is 0 Å². The van der Waals surface area contributed by atoms with Crippen LogP contribution in [0.3, 0.4) is 0 Å². The lowest BCUT2D eigenvalue weighted by atomic mass is 10.0. The maximum atomic E-state index is 5.91. The molecule has 1 aliphatic heterocycles. The first kappa shape index (κ1) is 14.2. The maximum Gasteiger partial charge on any atom is 0.121 e. The fraction of sp³-hybridized carbons (Fsp3) is 0.250. The number of ether oxygens (including phenoxy) is 1. The van der Waals surface area contributed by atoms with Crippen molar-refractivity contribution in [3.63, 3.8) is 0 Å². The Morgan fingerprint density at radius 2 is 1.95 bits per heavy atom. The van der Waals surface area contributed by atoms with Crippen LogP contribution in [0.15, 0.2) is 48.5 Å². The molecule has 0 amide bonds. The third-order valence-electron chi connectivity index (χ3n) is 3.56. The van der Waals surface area contributed by atoms with Gasteiger partial charge in [0.05, 0.1) is 6.04 Å². The van der Waals surface area contributed by atoms with Crippen LogP contribution in [-0.2, 0) is 0 Å². The zero-order valence-corrected chi connectivity index (χ0v) is 12.3. The highest BCUT2D eigenvalue weighted by Gasteiger charge is 2.25. The smallest absolute Gasteiger partial charge is 0.121 e. The molecular formula is C16H18ClN3O.